The standard InChI is InChI=1S/C17H19N3O2S/c1-3-12(2)13-4-6-14(7-5-13)18-17(23)19-15-8-10-16(11-9-15)20(21)22/h4-12H,3H2,1-2H3,(H2,18,19,23). The predicted octanol–water partition coefficient (Wildman–Crippen LogP) is 4.92. The fourth-order valence-corrected chi connectivity index (χ4v) is 2.33. The first-order valence-corrected chi connectivity index (χ1v) is 7.83. The molecule has 0 saturated carbocycles. The molecule has 0 heterocycles. The van der Waals surface area contributed by atoms with Gasteiger partial charge in [-0.1, -0.05) is 26.0 Å². The second kappa shape index (κ2) is 7.69. The first-order chi connectivity index (χ1) is 11.0. The highest BCUT2D eigenvalue weighted by atomic mass is 32.1. The number of nitro benzene ring substituents is 1. The number of nitro groups is 1. The van der Waals surface area contributed by atoms with Crippen LogP contribution in [0.1, 0.15) is 31.7 Å². The van der Waals surface area contributed by atoms with Gasteiger partial charge in [0.2, 0.25) is 0 Å². The van der Waals surface area contributed by atoms with Gasteiger partial charge in [0.15, 0.2) is 5.11 Å². The molecule has 23 heavy (non-hydrogen) atoms. The van der Waals surface area contributed by atoms with Crippen molar-refractivity contribution in [2.45, 2.75) is 26.2 Å². The van der Waals surface area contributed by atoms with E-state index in [2.05, 4.69) is 36.6 Å². The molecular formula is C17H19N3O2S. The normalized spacial score (nSPS) is 11.6. The van der Waals surface area contributed by atoms with E-state index in [1.807, 2.05) is 12.1 Å². The minimum Gasteiger partial charge on any atom is -0.332 e. The van der Waals surface area contributed by atoms with Crippen molar-refractivity contribution in [1.29, 1.82) is 0 Å². The average Bonchev–Trinajstić information content (AvgIpc) is 2.55. The van der Waals surface area contributed by atoms with Crippen LogP contribution in [0.3, 0.4) is 0 Å². The van der Waals surface area contributed by atoms with Gasteiger partial charge in [0, 0.05) is 23.5 Å². The molecule has 2 rings (SSSR count). The van der Waals surface area contributed by atoms with Crippen LogP contribution < -0.4 is 10.6 Å². The highest BCUT2D eigenvalue weighted by Gasteiger charge is 2.06. The van der Waals surface area contributed by atoms with Gasteiger partial charge in [-0.15, -0.1) is 0 Å². The van der Waals surface area contributed by atoms with Crippen LogP contribution in [0.25, 0.3) is 0 Å². The van der Waals surface area contributed by atoms with Crippen LogP contribution in [0.15, 0.2) is 48.5 Å². The van der Waals surface area contributed by atoms with E-state index in [4.69, 9.17) is 12.2 Å². The summed E-state index contributed by atoms with van der Waals surface area (Å²) in [6, 6.07) is 14.3. The topological polar surface area (TPSA) is 67.2 Å². The van der Waals surface area contributed by atoms with E-state index in [-0.39, 0.29) is 5.69 Å². The van der Waals surface area contributed by atoms with Gasteiger partial charge in [-0.25, -0.2) is 0 Å². The molecule has 6 heteroatoms. The largest absolute Gasteiger partial charge is 0.332 e. The van der Waals surface area contributed by atoms with Crippen molar-refractivity contribution in [3.63, 3.8) is 0 Å². The number of benzene rings is 2. The lowest BCUT2D eigenvalue weighted by Crippen LogP contribution is -2.19. The van der Waals surface area contributed by atoms with Crippen molar-refractivity contribution in [1.82, 2.24) is 0 Å². The van der Waals surface area contributed by atoms with Crippen LogP contribution in [0.4, 0.5) is 17.1 Å². The minimum absolute atomic E-state index is 0.0510. The maximum atomic E-state index is 10.6. The molecule has 0 saturated heterocycles. The van der Waals surface area contributed by atoms with E-state index in [0.717, 1.165) is 12.1 Å². The van der Waals surface area contributed by atoms with Gasteiger partial charge in [0.05, 0.1) is 4.92 Å². The Kier molecular flexibility index (Phi) is 5.65. The van der Waals surface area contributed by atoms with Crippen LogP contribution in [0.5, 0.6) is 0 Å². The molecule has 2 N–H and O–H groups in total. The molecule has 0 amide bonds. The van der Waals surface area contributed by atoms with Crippen LogP contribution >= 0.6 is 12.2 Å². The van der Waals surface area contributed by atoms with Crippen LogP contribution in [-0.4, -0.2) is 10.0 Å². The third-order valence-corrected chi connectivity index (χ3v) is 3.89. The third-order valence-electron chi connectivity index (χ3n) is 3.69. The van der Waals surface area contributed by atoms with E-state index in [1.54, 1.807) is 12.1 Å². The number of non-ortho nitro benzene ring substituents is 1. The minimum atomic E-state index is -0.431. The van der Waals surface area contributed by atoms with Gasteiger partial charge < -0.3 is 10.6 Å². The summed E-state index contributed by atoms with van der Waals surface area (Å²) in [7, 11) is 0. The SMILES string of the molecule is CCC(C)c1ccc(NC(=S)Nc2ccc([N+](=O)[O-])cc2)cc1. The monoisotopic (exact) mass is 329 g/mol. The Morgan fingerprint density at radius 2 is 1.57 bits per heavy atom. The molecule has 0 radical (unpaired) electrons. The first kappa shape index (κ1) is 16.9. The van der Waals surface area contributed by atoms with Crippen LogP contribution in [0, 0.1) is 10.1 Å². The molecule has 5 nitrogen and oxygen atoms in total. The summed E-state index contributed by atoms with van der Waals surface area (Å²) in [5, 5.41) is 17.2. The van der Waals surface area contributed by atoms with E-state index in [1.165, 1.54) is 17.7 Å². The van der Waals surface area contributed by atoms with Gasteiger partial charge in [0.1, 0.15) is 0 Å². The molecule has 2 aromatic rings. The second-order valence-electron chi connectivity index (χ2n) is 5.31. The maximum Gasteiger partial charge on any atom is 0.269 e. The summed E-state index contributed by atoms with van der Waals surface area (Å²) in [4.78, 5) is 10.2. The van der Waals surface area contributed by atoms with Gasteiger partial charge in [-0.3, -0.25) is 10.1 Å². The molecule has 0 aliphatic rings. The van der Waals surface area contributed by atoms with Crippen LogP contribution in [0.2, 0.25) is 0 Å². The lowest BCUT2D eigenvalue weighted by molar-refractivity contribution is -0.384. The van der Waals surface area contributed by atoms with Crippen molar-refractivity contribution >= 4 is 34.4 Å². The van der Waals surface area contributed by atoms with Gasteiger partial charge in [-0.2, -0.15) is 0 Å². The molecule has 2 aromatic carbocycles. The number of anilines is 2. The average molecular weight is 329 g/mol. The van der Waals surface area contributed by atoms with Crippen molar-refractivity contribution in [2.24, 2.45) is 0 Å². The van der Waals surface area contributed by atoms with E-state index >= 15 is 0 Å². The molecule has 0 bridgehead atoms. The number of nitrogens with one attached hydrogen (secondary N) is 2. The van der Waals surface area contributed by atoms with Crippen LogP contribution in [-0.2, 0) is 0 Å². The second-order valence-corrected chi connectivity index (χ2v) is 5.72. The summed E-state index contributed by atoms with van der Waals surface area (Å²) >= 11 is 5.25. The molecule has 1 atom stereocenters. The van der Waals surface area contributed by atoms with Crippen molar-refractivity contribution in [3.05, 3.63) is 64.2 Å². The lowest BCUT2D eigenvalue weighted by atomic mass is 9.99. The molecule has 0 fully saturated rings. The summed E-state index contributed by atoms with van der Waals surface area (Å²) in [5.41, 5.74) is 2.95. The molecule has 0 spiro atoms. The molecule has 120 valence electrons. The van der Waals surface area contributed by atoms with E-state index in [9.17, 15) is 10.1 Å². The van der Waals surface area contributed by atoms with E-state index < -0.39 is 4.92 Å². The predicted molar refractivity (Wildman–Crippen MR) is 98.1 cm³/mol. The quantitative estimate of drug-likeness (QED) is 0.463. The van der Waals surface area contributed by atoms with Crippen molar-refractivity contribution < 1.29 is 4.92 Å². The van der Waals surface area contributed by atoms with Gasteiger partial charge in [0.25, 0.3) is 5.69 Å². The lowest BCUT2D eigenvalue weighted by Gasteiger charge is -2.12. The summed E-state index contributed by atoms with van der Waals surface area (Å²) < 4.78 is 0. The zero-order chi connectivity index (χ0) is 16.8. The zero-order valence-electron chi connectivity index (χ0n) is 13.1. The Balaban J connectivity index is 1.95. The highest BCUT2D eigenvalue weighted by Crippen LogP contribution is 2.21. The Bertz CT molecular complexity index is 684. The Morgan fingerprint density at radius 3 is 2.00 bits per heavy atom. The Morgan fingerprint density at radius 1 is 1.09 bits per heavy atom. The highest BCUT2D eigenvalue weighted by molar-refractivity contribution is 7.80. The summed E-state index contributed by atoms with van der Waals surface area (Å²) in [6.45, 7) is 4.36. The number of hydrogen-bond donors (Lipinski definition) is 2. The summed E-state index contributed by atoms with van der Waals surface area (Å²) in [6.07, 6.45) is 1.10. The summed E-state index contributed by atoms with van der Waals surface area (Å²) in [5.74, 6) is 0.536. The Labute approximate surface area is 140 Å². The van der Waals surface area contributed by atoms with Crippen molar-refractivity contribution in [3.8, 4) is 0 Å². The molecular weight excluding hydrogens is 310 g/mol. The van der Waals surface area contributed by atoms with Crippen molar-refractivity contribution in [2.75, 3.05) is 10.6 Å². The number of nitrogens with zero attached hydrogens (tertiary/aromatic N) is 1. The van der Waals surface area contributed by atoms with Gasteiger partial charge in [-0.05, 0) is 54.4 Å². The molecule has 0 aliphatic heterocycles. The number of hydrogen-bond acceptors (Lipinski definition) is 3. The fourth-order valence-electron chi connectivity index (χ4n) is 2.09. The van der Waals surface area contributed by atoms with Gasteiger partial charge >= 0.3 is 0 Å². The van der Waals surface area contributed by atoms with E-state index in [0.29, 0.717) is 16.7 Å². The maximum absolute atomic E-state index is 10.6. The number of rotatable bonds is 5. The molecule has 1 unspecified atom stereocenters. The molecule has 0 aliphatic carbocycles. The molecule has 0 aromatic heterocycles. The fraction of sp³-hybridized carbons (Fsp3) is 0.235. The Hall–Kier alpha value is -2.47. The first-order valence-electron chi connectivity index (χ1n) is 7.42. The number of thiocarbonyl (C=S) groups is 1. The zero-order valence-corrected chi connectivity index (χ0v) is 13.9. The third kappa shape index (κ3) is 4.75. The smallest absolute Gasteiger partial charge is 0.269 e.